The Morgan fingerprint density at radius 1 is 1.31 bits per heavy atom. The van der Waals surface area contributed by atoms with Crippen LogP contribution in [0.15, 0.2) is 22.8 Å². The molecule has 0 spiro atoms. The van der Waals surface area contributed by atoms with E-state index in [1.807, 2.05) is 0 Å². The quantitative estimate of drug-likeness (QED) is 0.876. The van der Waals surface area contributed by atoms with Crippen molar-refractivity contribution in [2.45, 2.75) is 0 Å². The molecule has 0 atom stereocenters. The maximum absolute atomic E-state index is 13.6. The third kappa shape index (κ3) is 1.69. The average molecular weight is 288 g/mol. The van der Waals surface area contributed by atoms with Crippen LogP contribution in [0.2, 0.25) is 0 Å². The summed E-state index contributed by atoms with van der Waals surface area (Å²) in [6.45, 7) is 0. The molecule has 0 fully saturated rings. The molecule has 0 saturated carbocycles. The SMILES string of the molecule is Cn1ncc(-c2c(F)cc(Br)cc2F)c1N. The minimum atomic E-state index is -0.674. The van der Waals surface area contributed by atoms with Gasteiger partial charge >= 0.3 is 0 Å². The van der Waals surface area contributed by atoms with Gasteiger partial charge in [0.2, 0.25) is 0 Å². The highest BCUT2D eigenvalue weighted by molar-refractivity contribution is 9.10. The second-order valence-corrected chi connectivity index (χ2v) is 4.23. The predicted molar refractivity (Wildman–Crippen MR) is 60.7 cm³/mol. The van der Waals surface area contributed by atoms with Crippen LogP contribution in [0.3, 0.4) is 0 Å². The lowest BCUT2D eigenvalue weighted by Gasteiger charge is -2.05. The van der Waals surface area contributed by atoms with Gasteiger partial charge in [0.05, 0.1) is 11.8 Å². The Bertz CT molecular complexity index is 528. The van der Waals surface area contributed by atoms with Gasteiger partial charge in [-0.3, -0.25) is 4.68 Å². The van der Waals surface area contributed by atoms with E-state index in [0.29, 0.717) is 4.47 Å². The first-order valence-corrected chi connectivity index (χ1v) is 5.22. The zero-order valence-electron chi connectivity index (χ0n) is 8.34. The molecule has 0 unspecified atom stereocenters. The molecule has 2 aromatic rings. The fraction of sp³-hybridized carbons (Fsp3) is 0.100. The predicted octanol–water partition coefficient (Wildman–Crippen LogP) is 2.71. The fourth-order valence-electron chi connectivity index (χ4n) is 1.44. The van der Waals surface area contributed by atoms with Crippen LogP contribution in [0, 0.1) is 11.6 Å². The molecule has 6 heteroatoms. The summed E-state index contributed by atoms with van der Waals surface area (Å²) < 4.78 is 28.9. The Labute approximate surface area is 99.0 Å². The monoisotopic (exact) mass is 287 g/mol. The van der Waals surface area contributed by atoms with E-state index in [1.165, 1.54) is 23.0 Å². The molecule has 0 radical (unpaired) electrons. The molecule has 0 amide bonds. The number of nitrogen functional groups attached to an aromatic ring is 1. The largest absolute Gasteiger partial charge is 0.383 e. The van der Waals surface area contributed by atoms with E-state index in [9.17, 15) is 8.78 Å². The van der Waals surface area contributed by atoms with Crippen molar-refractivity contribution in [3.8, 4) is 11.1 Å². The normalized spacial score (nSPS) is 10.8. The number of anilines is 1. The van der Waals surface area contributed by atoms with Gasteiger partial charge in [0.1, 0.15) is 17.5 Å². The van der Waals surface area contributed by atoms with E-state index in [0.717, 1.165) is 0 Å². The van der Waals surface area contributed by atoms with Crippen LogP contribution in [0.1, 0.15) is 0 Å². The Kier molecular flexibility index (Phi) is 2.67. The van der Waals surface area contributed by atoms with Gasteiger partial charge in [-0.05, 0) is 12.1 Å². The third-order valence-electron chi connectivity index (χ3n) is 2.26. The summed E-state index contributed by atoms with van der Waals surface area (Å²) in [6.07, 6.45) is 1.34. The van der Waals surface area contributed by atoms with Gasteiger partial charge in [-0.1, -0.05) is 15.9 Å². The zero-order valence-corrected chi connectivity index (χ0v) is 9.92. The van der Waals surface area contributed by atoms with Gasteiger partial charge in [-0.2, -0.15) is 5.10 Å². The topological polar surface area (TPSA) is 43.8 Å². The number of nitrogens with zero attached hydrogens (tertiary/aromatic N) is 2. The fourth-order valence-corrected chi connectivity index (χ4v) is 1.84. The molecule has 0 saturated heterocycles. The lowest BCUT2D eigenvalue weighted by atomic mass is 10.1. The Morgan fingerprint density at radius 3 is 2.31 bits per heavy atom. The van der Waals surface area contributed by atoms with Crippen LogP contribution in [-0.2, 0) is 7.05 Å². The Morgan fingerprint density at radius 2 is 1.88 bits per heavy atom. The van der Waals surface area contributed by atoms with E-state index < -0.39 is 11.6 Å². The van der Waals surface area contributed by atoms with Gasteiger partial charge in [0.25, 0.3) is 0 Å². The average Bonchev–Trinajstić information content (AvgIpc) is 2.48. The summed E-state index contributed by atoms with van der Waals surface area (Å²) >= 11 is 3.01. The number of halogens is 3. The Balaban J connectivity index is 2.69. The lowest BCUT2D eigenvalue weighted by molar-refractivity contribution is 0.588. The van der Waals surface area contributed by atoms with Gasteiger partial charge < -0.3 is 5.73 Å². The van der Waals surface area contributed by atoms with Crippen molar-refractivity contribution >= 4 is 21.7 Å². The molecule has 1 aromatic carbocycles. The first kappa shape index (κ1) is 11.1. The van der Waals surface area contributed by atoms with Crippen LogP contribution < -0.4 is 5.73 Å². The number of nitrogens with two attached hydrogens (primary N) is 1. The molecule has 84 valence electrons. The minimum absolute atomic E-state index is 0.159. The van der Waals surface area contributed by atoms with E-state index in [2.05, 4.69) is 21.0 Å². The molecular formula is C10H8BrF2N3. The number of rotatable bonds is 1. The van der Waals surface area contributed by atoms with E-state index in [4.69, 9.17) is 5.73 Å². The highest BCUT2D eigenvalue weighted by atomic mass is 79.9. The molecule has 3 nitrogen and oxygen atoms in total. The van der Waals surface area contributed by atoms with Crippen LogP contribution >= 0.6 is 15.9 Å². The van der Waals surface area contributed by atoms with E-state index >= 15 is 0 Å². The molecule has 0 aliphatic rings. The molecule has 1 heterocycles. The summed E-state index contributed by atoms with van der Waals surface area (Å²) in [6, 6.07) is 2.37. The summed E-state index contributed by atoms with van der Waals surface area (Å²) in [5, 5.41) is 3.84. The van der Waals surface area contributed by atoms with E-state index in [1.54, 1.807) is 7.05 Å². The lowest BCUT2D eigenvalue weighted by Crippen LogP contribution is -1.99. The smallest absolute Gasteiger partial charge is 0.135 e. The van der Waals surface area contributed by atoms with Crippen molar-refractivity contribution in [3.63, 3.8) is 0 Å². The second-order valence-electron chi connectivity index (χ2n) is 3.31. The van der Waals surface area contributed by atoms with Crippen molar-refractivity contribution in [1.29, 1.82) is 0 Å². The molecule has 0 bridgehead atoms. The van der Waals surface area contributed by atoms with Crippen LogP contribution in [0.5, 0.6) is 0 Å². The van der Waals surface area contributed by atoms with Gasteiger partial charge in [0, 0.05) is 17.1 Å². The van der Waals surface area contributed by atoms with Gasteiger partial charge in [-0.15, -0.1) is 0 Å². The number of benzene rings is 1. The maximum Gasteiger partial charge on any atom is 0.135 e. The van der Waals surface area contributed by atoms with Crippen molar-refractivity contribution in [2.75, 3.05) is 5.73 Å². The molecule has 2 N–H and O–H groups in total. The van der Waals surface area contributed by atoms with Crippen molar-refractivity contribution in [1.82, 2.24) is 9.78 Å². The maximum atomic E-state index is 13.6. The summed E-state index contributed by atoms with van der Waals surface area (Å²) in [4.78, 5) is 0. The van der Waals surface area contributed by atoms with Crippen LogP contribution in [0.25, 0.3) is 11.1 Å². The van der Waals surface area contributed by atoms with Crippen LogP contribution in [-0.4, -0.2) is 9.78 Å². The number of aryl methyl sites for hydroxylation is 1. The van der Waals surface area contributed by atoms with Gasteiger partial charge in [-0.25, -0.2) is 8.78 Å². The second kappa shape index (κ2) is 3.86. The zero-order chi connectivity index (χ0) is 11.9. The van der Waals surface area contributed by atoms with Crippen molar-refractivity contribution < 1.29 is 8.78 Å². The standard InChI is InChI=1S/C10H8BrF2N3/c1-16-10(14)6(4-15-16)9-7(12)2-5(11)3-8(9)13/h2-4H,14H2,1H3. The highest BCUT2D eigenvalue weighted by Crippen LogP contribution is 2.32. The molecule has 1 aromatic heterocycles. The molecule has 0 aliphatic heterocycles. The summed E-state index contributed by atoms with van der Waals surface area (Å²) in [5.41, 5.74) is 5.76. The van der Waals surface area contributed by atoms with E-state index in [-0.39, 0.29) is 16.9 Å². The summed E-state index contributed by atoms with van der Waals surface area (Å²) in [7, 11) is 1.60. The molecule has 2 rings (SSSR count). The number of aromatic nitrogens is 2. The van der Waals surface area contributed by atoms with Crippen molar-refractivity contribution in [2.24, 2.45) is 7.05 Å². The number of hydrogen-bond acceptors (Lipinski definition) is 2. The third-order valence-corrected chi connectivity index (χ3v) is 2.72. The highest BCUT2D eigenvalue weighted by Gasteiger charge is 2.17. The summed E-state index contributed by atoms with van der Waals surface area (Å²) in [5.74, 6) is -1.13. The minimum Gasteiger partial charge on any atom is -0.383 e. The van der Waals surface area contributed by atoms with Gasteiger partial charge in [0.15, 0.2) is 0 Å². The molecular weight excluding hydrogens is 280 g/mol. The molecule has 0 aliphatic carbocycles. The van der Waals surface area contributed by atoms with Crippen LogP contribution in [0.4, 0.5) is 14.6 Å². The molecule has 16 heavy (non-hydrogen) atoms. The first-order chi connectivity index (χ1) is 7.50. The van der Waals surface area contributed by atoms with Crippen molar-refractivity contribution in [3.05, 3.63) is 34.4 Å². The Hall–Kier alpha value is -1.43. The number of hydrogen-bond donors (Lipinski definition) is 1. The first-order valence-electron chi connectivity index (χ1n) is 4.43.